The summed E-state index contributed by atoms with van der Waals surface area (Å²) < 4.78 is 28.2. The highest BCUT2D eigenvalue weighted by molar-refractivity contribution is 9.11. The summed E-state index contributed by atoms with van der Waals surface area (Å²) in [6.07, 6.45) is 0.873. The van der Waals surface area contributed by atoms with Crippen LogP contribution in [-0.2, 0) is 10.0 Å². The fraction of sp³-hybridized carbons (Fsp3) is 0.538. The normalized spacial score (nSPS) is 13.6. The smallest absolute Gasteiger partial charge is 0.243 e. The van der Waals surface area contributed by atoms with Gasteiger partial charge in [0.1, 0.15) is 4.90 Å². The number of rotatable bonds is 7. The van der Waals surface area contributed by atoms with E-state index in [4.69, 9.17) is 5.73 Å². The second-order valence-corrected chi connectivity index (χ2v) is 8.28. The van der Waals surface area contributed by atoms with E-state index in [1.165, 1.54) is 6.07 Å². The Morgan fingerprint density at radius 2 is 1.86 bits per heavy atom. The van der Waals surface area contributed by atoms with E-state index in [2.05, 4.69) is 36.6 Å². The number of nitrogens with one attached hydrogen (secondary N) is 1. The fourth-order valence-corrected chi connectivity index (χ4v) is 5.25. The van der Waals surface area contributed by atoms with E-state index in [1.807, 2.05) is 13.8 Å². The molecule has 0 radical (unpaired) electrons. The molecule has 0 spiro atoms. The van der Waals surface area contributed by atoms with Crippen molar-refractivity contribution in [2.75, 3.05) is 12.3 Å². The number of nitrogen functional groups attached to an aromatic ring is 1. The molecule has 0 aliphatic carbocycles. The van der Waals surface area contributed by atoms with Gasteiger partial charge in [0.25, 0.3) is 0 Å². The topological polar surface area (TPSA) is 92.4 Å². The van der Waals surface area contributed by atoms with E-state index in [9.17, 15) is 13.5 Å². The maximum atomic E-state index is 12.3. The lowest BCUT2D eigenvalue weighted by Gasteiger charge is -2.20. The van der Waals surface area contributed by atoms with Crippen LogP contribution in [0.4, 0.5) is 5.69 Å². The first kappa shape index (κ1) is 18.9. The average Bonchev–Trinajstić information content (AvgIpc) is 2.36. The van der Waals surface area contributed by atoms with E-state index in [0.717, 1.165) is 12.8 Å². The summed E-state index contributed by atoms with van der Waals surface area (Å²) in [5, 5.41) is 10.0. The first-order valence-corrected chi connectivity index (χ1v) is 9.72. The molecule has 0 fully saturated rings. The van der Waals surface area contributed by atoms with Gasteiger partial charge >= 0.3 is 0 Å². The van der Waals surface area contributed by atoms with Gasteiger partial charge in [-0.15, -0.1) is 0 Å². The van der Waals surface area contributed by atoms with Gasteiger partial charge in [0.2, 0.25) is 10.0 Å². The lowest BCUT2D eigenvalue weighted by molar-refractivity contribution is 0.107. The predicted molar refractivity (Wildman–Crippen MR) is 91.5 cm³/mol. The van der Waals surface area contributed by atoms with Crippen molar-refractivity contribution in [2.45, 2.75) is 37.7 Å². The highest BCUT2D eigenvalue weighted by Crippen LogP contribution is 2.31. The third-order valence-electron chi connectivity index (χ3n) is 3.38. The number of aliphatic hydroxyl groups excluding tert-OH is 1. The molecule has 1 aromatic carbocycles. The number of benzene rings is 1. The molecule has 8 heteroatoms. The first-order chi connectivity index (χ1) is 9.72. The van der Waals surface area contributed by atoms with Crippen LogP contribution in [0.5, 0.6) is 0 Å². The van der Waals surface area contributed by atoms with Crippen molar-refractivity contribution >= 4 is 47.6 Å². The van der Waals surface area contributed by atoms with Crippen molar-refractivity contribution in [2.24, 2.45) is 5.92 Å². The van der Waals surface area contributed by atoms with Gasteiger partial charge in [0.05, 0.1) is 11.8 Å². The van der Waals surface area contributed by atoms with E-state index in [0.29, 0.717) is 8.95 Å². The highest BCUT2D eigenvalue weighted by Gasteiger charge is 2.24. The number of halogens is 2. The van der Waals surface area contributed by atoms with Gasteiger partial charge in [0.15, 0.2) is 0 Å². The number of hydrogen-bond donors (Lipinski definition) is 3. The van der Waals surface area contributed by atoms with Gasteiger partial charge < -0.3 is 10.8 Å². The van der Waals surface area contributed by atoms with Crippen LogP contribution in [0.1, 0.15) is 26.7 Å². The van der Waals surface area contributed by atoms with Gasteiger partial charge in [-0.25, -0.2) is 13.1 Å². The molecule has 0 bridgehead atoms. The summed E-state index contributed by atoms with van der Waals surface area (Å²) in [5.74, 6) is 0.0680. The predicted octanol–water partition coefficient (Wildman–Crippen LogP) is 2.87. The van der Waals surface area contributed by atoms with E-state index in [-0.39, 0.29) is 23.0 Å². The Labute approximate surface area is 142 Å². The van der Waals surface area contributed by atoms with Crippen molar-refractivity contribution < 1.29 is 13.5 Å². The number of hydrogen-bond acceptors (Lipinski definition) is 4. The van der Waals surface area contributed by atoms with Crippen LogP contribution in [0.2, 0.25) is 0 Å². The molecule has 4 N–H and O–H groups in total. The molecule has 0 saturated heterocycles. The molecular formula is C13H20Br2N2O3S. The van der Waals surface area contributed by atoms with Crippen LogP contribution < -0.4 is 10.5 Å². The molecule has 0 saturated carbocycles. The van der Waals surface area contributed by atoms with Crippen LogP contribution in [-0.4, -0.2) is 26.2 Å². The number of sulfonamides is 1. The second kappa shape index (κ2) is 7.92. The number of aliphatic hydroxyl groups is 1. The largest absolute Gasteiger partial charge is 0.398 e. The van der Waals surface area contributed by atoms with E-state index >= 15 is 0 Å². The lowest BCUT2D eigenvalue weighted by atomic mass is 9.97. The molecule has 0 aliphatic rings. The minimum atomic E-state index is -3.79. The van der Waals surface area contributed by atoms with Crippen molar-refractivity contribution in [3.05, 3.63) is 21.1 Å². The molecule has 1 unspecified atom stereocenters. The maximum absolute atomic E-state index is 12.3. The molecule has 1 aromatic rings. The average molecular weight is 444 g/mol. The van der Waals surface area contributed by atoms with E-state index < -0.39 is 16.1 Å². The summed E-state index contributed by atoms with van der Waals surface area (Å²) in [6, 6.07) is 3.14. The van der Waals surface area contributed by atoms with Crippen LogP contribution in [0, 0.1) is 5.92 Å². The molecule has 0 aliphatic heterocycles. The summed E-state index contributed by atoms with van der Waals surface area (Å²) in [5.41, 5.74) is 5.92. The summed E-state index contributed by atoms with van der Waals surface area (Å²) >= 11 is 6.45. The fourth-order valence-electron chi connectivity index (χ4n) is 2.13. The highest BCUT2D eigenvalue weighted by atomic mass is 79.9. The minimum absolute atomic E-state index is 0.0116. The summed E-state index contributed by atoms with van der Waals surface area (Å²) in [7, 11) is -3.79. The maximum Gasteiger partial charge on any atom is 0.243 e. The zero-order valence-electron chi connectivity index (χ0n) is 11.9. The Bertz CT molecular complexity index is 566. The van der Waals surface area contributed by atoms with Gasteiger partial charge in [0, 0.05) is 15.5 Å². The molecule has 0 aromatic heterocycles. The Morgan fingerprint density at radius 1 is 1.29 bits per heavy atom. The summed E-state index contributed by atoms with van der Waals surface area (Å²) in [4.78, 5) is -0.0116. The lowest BCUT2D eigenvalue weighted by Crippen LogP contribution is -2.36. The van der Waals surface area contributed by atoms with Crippen LogP contribution in [0.15, 0.2) is 26.0 Å². The second-order valence-electron chi connectivity index (χ2n) is 4.80. The molecule has 5 nitrogen and oxygen atoms in total. The Morgan fingerprint density at radius 3 is 2.33 bits per heavy atom. The van der Waals surface area contributed by atoms with Crippen molar-refractivity contribution in [1.82, 2.24) is 4.72 Å². The monoisotopic (exact) mass is 442 g/mol. The molecule has 0 heterocycles. The number of anilines is 1. The van der Waals surface area contributed by atoms with Crippen molar-refractivity contribution in [3.8, 4) is 0 Å². The Hall–Kier alpha value is -0.150. The quantitative estimate of drug-likeness (QED) is 0.565. The standard InChI is InChI=1S/C13H20Br2N2O3S/c1-3-8(4-2)12(18)7-17-21(19,20)13-10(15)5-9(14)6-11(13)16/h5-6,8,12,17-18H,3-4,7,16H2,1-2H3. The molecule has 1 rings (SSSR count). The van der Waals surface area contributed by atoms with Crippen molar-refractivity contribution in [3.63, 3.8) is 0 Å². The zero-order chi connectivity index (χ0) is 16.2. The van der Waals surface area contributed by atoms with Crippen molar-refractivity contribution in [1.29, 1.82) is 0 Å². The van der Waals surface area contributed by atoms with Gasteiger partial charge in [-0.2, -0.15) is 0 Å². The summed E-state index contributed by atoms with van der Waals surface area (Å²) in [6.45, 7) is 3.90. The van der Waals surface area contributed by atoms with Crippen LogP contribution >= 0.6 is 31.9 Å². The van der Waals surface area contributed by atoms with E-state index in [1.54, 1.807) is 6.07 Å². The van der Waals surface area contributed by atoms with Gasteiger partial charge in [-0.05, 0) is 34.0 Å². The third kappa shape index (κ3) is 4.92. The minimum Gasteiger partial charge on any atom is -0.398 e. The van der Waals surface area contributed by atoms with Gasteiger partial charge in [-0.3, -0.25) is 0 Å². The van der Waals surface area contributed by atoms with Crippen LogP contribution in [0.3, 0.4) is 0 Å². The first-order valence-electron chi connectivity index (χ1n) is 6.65. The molecule has 1 atom stereocenters. The third-order valence-corrected chi connectivity index (χ3v) is 6.27. The Kier molecular flexibility index (Phi) is 7.12. The molecule has 120 valence electrons. The molecule has 0 amide bonds. The molecule has 21 heavy (non-hydrogen) atoms. The zero-order valence-corrected chi connectivity index (χ0v) is 15.9. The number of nitrogens with two attached hydrogens (primary N) is 1. The SMILES string of the molecule is CCC(CC)C(O)CNS(=O)(=O)c1c(N)cc(Br)cc1Br. The Balaban J connectivity index is 2.93. The van der Waals surface area contributed by atoms with Gasteiger partial charge in [-0.1, -0.05) is 42.6 Å². The molecular weight excluding hydrogens is 424 g/mol. The van der Waals surface area contributed by atoms with Crippen LogP contribution in [0.25, 0.3) is 0 Å².